The summed E-state index contributed by atoms with van der Waals surface area (Å²) in [6.07, 6.45) is 2.45. The first-order valence-corrected chi connectivity index (χ1v) is 9.67. The second-order valence-corrected chi connectivity index (χ2v) is 7.78. The number of amides is 1. The lowest BCUT2D eigenvalue weighted by atomic mass is 10.1. The number of nitrogens with zero attached hydrogens (tertiary/aromatic N) is 3. The van der Waals surface area contributed by atoms with Gasteiger partial charge in [0, 0.05) is 23.7 Å². The number of aromatic nitrogens is 3. The van der Waals surface area contributed by atoms with Crippen LogP contribution in [0.2, 0.25) is 5.15 Å². The summed E-state index contributed by atoms with van der Waals surface area (Å²) in [7, 11) is -3.41. The predicted octanol–water partition coefficient (Wildman–Crippen LogP) is 2.85. The van der Waals surface area contributed by atoms with Gasteiger partial charge in [-0.3, -0.25) is 4.79 Å². The van der Waals surface area contributed by atoms with Crippen molar-refractivity contribution in [1.82, 2.24) is 15.2 Å². The van der Waals surface area contributed by atoms with E-state index in [2.05, 4.69) is 20.5 Å². The first-order valence-electron chi connectivity index (χ1n) is 7.40. The van der Waals surface area contributed by atoms with Gasteiger partial charge >= 0.3 is 0 Å². The standard InChI is InChI=1S/C17H13ClN4O3S/c1-26(24,25)16-8-6-14(21-22-16)11-3-2-4-13(9-11)20-17(23)12-5-7-15(18)19-10-12/h2-10H,1H3,(H,20,23). The van der Waals surface area contributed by atoms with Gasteiger partial charge in [-0.25, -0.2) is 13.4 Å². The van der Waals surface area contributed by atoms with Crippen LogP contribution in [0.15, 0.2) is 59.8 Å². The molecule has 26 heavy (non-hydrogen) atoms. The number of anilines is 1. The molecule has 0 aliphatic rings. The molecule has 0 bridgehead atoms. The average molecular weight is 389 g/mol. The number of sulfone groups is 1. The summed E-state index contributed by atoms with van der Waals surface area (Å²) >= 11 is 5.71. The van der Waals surface area contributed by atoms with Gasteiger partial charge in [-0.1, -0.05) is 23.7 Å². The average Bonchev–Trinajstić information content (AvgIpc) is 2.62. The minimum Gasteiger partial charge on any atom is -0.322 e. The second-order valence-electron chi connectivity index (χ2n) is 5.43. The lowest BCUT2D eigenvalue weighted by molar-refractivity contribution is 0.102. The van der Waals surface area contributed by atoms with Crippen molar-refractivity contribution in [2.75, 3.05) is 11.6 Å². The Kier molecular flexibility index (Phi) is 4.97. The highest BCUT2D eigenvalue weighted by atomic mass is 35.5. The van der Waals surface area contributed by atoms with E-state index in [0.29, 0.717) is 27.7 Å². The molecule has 0 atom stereocenters. The summed E-state index contributed by atoms with van der Waals surface area (Å²) in [5.41, 5.74) is 2.10. The van der Waals surface area contributed by atoms with Gasteiger partial charge in [0.2, 0.25) is 0 Å². The summed E-state index contributed by atoms with van der Waals surface area (Å²) in [6, 6.07) is 13.0. The molecule has 7 nitrogen and oxygen atoms in total. The largest absolute Gasteiger partial charge is 0.322 e. The number of carbonyl (C=O) groups excluding carboxylic acids is 1. The van der Waals surface area contributed by atoms with Gasteiger partial charge in [-0.2, -0.15) is 0 Å². The van der Waals surface area contributed by atoms with Gasteiger partial charge < -0.3 is 5.32 Å². The molecule has 0 saturated heterocycles. The van der Waals surface area contributed by atoms with Gasteiger partial charge in [0.15, 0.2) is 14.9 Å². The quantitative estimate of drug-likeness (QED) is 0.689. The molecular weight excluding hydrogens is 376 g/mol. The number of hydrogen-bond acceptors (Lipinski definition) is 6. The van der Waals surface area contributed by atoms with Crippen molar-refractivity contribution >= 4 is 33.0 Å². The summed E-state index contributed by atoms with van der Waals surface area (Å²) in [6.45, 7) is 0. The monoisotopic (exact) mass is 388 g/mol. The van der Waals surface area contributed by atoms with E-state index >= 15 is 0 Å². The van der Waals surface area contributed by atoms with Gasteiger partial charge in [0.1, 0.15) is 5.15 Å². The maximum atomic E-state index is 12.2. The third-order valence-corrected chi connectivity index (χ3v) is 4.63. The van der Waals surface area contributed by atoms with Gasteiger partial charge in [-0.15, -0.1) is 10.2 Å². The Morgan fingerprint density at radius 2 is 1.88 bits per heavy atom. The van der Waals surface area contributed by atoms with Crippen LogP contribution in [0, 0.1) is 0 Å². The number of rotatable bonds is 4. The molecule has 0 aliphatic heterocycles. The number of halogens is 1. The van der Waals surface area contributed by atoms with E-state index in [4.69, 9.17) is 11.6 Å². The zero-order chi connectivity index (χ0) is 18.7. The number of nitrogens with one attached hydrogen (secondary N) is 1. The number of pyridine rings is 1. The van der Waals surface area contributed by atoms with Crippen LogP contribution in [-0.2, 0) is 9.84 Å². The van der Waals surface area contributed by atoms with Crippen molar-refractivity contribution in [2.45, 2.75) is 5.03 Å². The van der Waals surface area contributed by atoms with Crippen LogP contribution in [-0.4, -0.2) is 35.8 Å². The van der Waals surface area contributed by atoms with Crippen molar-refractivity contribution in [2.24, 2.45) is 0 Å². The van der Waals surface area contributed by atoms with Gasteiger partial charge in [0.25, 0.3) is 5.91 Å². The fourth-order valence-electron chi connectivity index (χ4n) is 2.14. The van der Waals surface area contributed by atoms with E-state index < -0.39 is 9.84 Å². The van der Waals surface area contributed by atoms with Crippen molar-refractivity contribution in [3.05, 3.63) is 65.4 Å². The molecule has 0 radical (unpaired) electrons. The minimum atomic E-state index is -3.41. The fourth-order valence-corrected chi connectivity index (χ4v) is 2.76. The van der Waals surface area contributed by atoms with Crippen LogP contribution in [0.5, 0.6) is 0 Å². The van der Waals surface area contributed by atoms with E-state index in [-0.39, 0.29) is 10.9 Å². The van der Waals surface area contributed by atoms with Crippen molar-refractivity contribution in [3.8, 4) is 11.3 Å². The molecule has 0 aliphatic carbocycles. The summed E-state index contributed by atoms with van der Waals surface area (Å²) in [5.74, 6) is -0.329. The first-order chi connectivity index (χ1) is 12.3. The van der Waals surface area contributed by atoms with Crippen LogP contribution in [0.1, 0.15) is 10.4 Å². The Hall–Kier alpha value is -2.84. The van der Waals surface area contributed by atoms with Crippen LogP contribution in [0.4, 0.5) is 5.69 Å². The van der Waals surface area contributed by atoms with E-state index in [9.17, 15) is 13.2 Å². The fraction of sp³-hybridized carbons (Fsp3) is 0.0588. The molecule has 132 valence electrons. The van der Waals surface area contributed by atoms with Crippen LogP contribution < -0.4 is 5.32 Å². The van der Waals surface area contributed by atoms with E-state index in [1.165, 1.54) is 18.3 Å². The maximum absolute atomic E-state index is 12.2. The Labute approximate surface area is 155 Å². The zero-order valence-electron chi connectivity index (χ0n) is 13.5. The third-order valence-electron chi connectivity index (χ3n) is 3.43. The lowest BCUT2D eigenvalue weighted by Gasteiger charge is -2.07. The van der Waals surface area contributed by atoms with Crippen molar-refractivity contribution < 1.29 is 13.2 Å². The Bertz CT molecular complexity index is 1050. The van der Waals surface area contributed by atoms with Crippen molar-refractivity contribution in [3.63, 3.8) is 0 Å². The molecule has 2 heterocycles. The highest BCUT2D eigenvalue weighted by Crippen LogP contribution is 2.21. The minimum absolute atomic E-state index is 0.0963. The highest BCUT2D eigenvalue weighted by Gasteiger charge is 2.11. The molecule has 1 aromatic carbocycles. The Balaban J connectivity index is 1.82. The predicted molar refractivity (Wildman–Crippen MR) is 97.8 cm³/mol. The summed E-state index contributed by atoms with van der Waals surface area (Å²) < 4.78 is 22.9. The smallest absolute Gasteiger partial charge is 0.257 e. The lowest BCUT2D eigenvalue weighted by Crippen LogP contribution is -2.12. The van der Waals surface area contributed by atoms with E-state index in [0.717, 1.165) is 6.26 Å². The maximum Gasteiger partial charge on any atom is 0.257 e. The van der Waals surface area contributed by atoms with Crippen LogP contribution >= 0.6 is 11.6 Å². The summed E-state index contributed by atoms with van der Waals surface area (Å²) in [5, 5.41) is 10.6. The first kappa shape index (κ1) is 18.0. The molecule has 0 fully saturated rings. The molecule has 1 N–H and O–H groups in total. The normalized spacial score (nSPS) is 11.2. The highest BCUT2D eigenvalue weighted by molar-refractivity contribution is 7.90. The molecule has 3 rings (SSSR count). The van der Waals surface area contributed by atoms with Gasteiger partial charge in [-0.05, 0) is 36.4 Å². The Morgan fingerprint density at radius 1 is 1.08 bits per heavy atom. The van der Waals surface area contributed by atoms with Gasteiger partial charge in [0.05, 0.1) is 11.3 Å². The van der Waals surface area contributed by atoms with E-state index in [1.54, 1.807) is 36.4 Å². The third kappa shape index (κ3) is 4.22. The van der Waals surface area contributed by atoms with E-state index in [1.807, 2.05) is 0 Å². The topological polar surface area (TPSA) is 102 Å². The zero-order valence-corrected chi connectivity index (χ0v) is 15.1. The molecular formula is C17H13ClN4O3S. The molecule has 2 aromatic heterocycles. The molecule has 0 spiro atoms. The Morgan fingerprint density at radius 3 is 2.50 bits per heavy atom. The molecule has 9 heteroatoms. The molecule has 0 saturated carbocycles. The van der Waals surface area contributed by atoms with Crippen LogP contribution in [0.3, 0.4) is 0 Å². The second kappa shape index (κ2) is 7.19. The summed E-state index contributed by atoms with van der Waals surface area (Å²) in [4.78, 5) is 16.1. The number of benzene rings is 1. The van der Waals surface area contributed by atoms with Crippen molar-refractivity contribution in [1.29, 1.82) is 0 Å². The number of carbonyl (C=O) groups is 1. The molecule has 3 aromatic rings. The SMILES string of the molecule is CS(=O)(=O)c1ccc(-c2cccc(NC(=O)c3ccc(Cl)nc3)c2)nn1. The number of hydrogen-bond donors (Lipinski definition) is 1. The molecule has 1 amide bonds. The van der Waals surface area contributed by atoms with Crippen LogP contribution in [0.25, 0.3) is 11.3 Å². The molecule has 0 unspecified atom stereocenters.